The third-order valence-corrected chi connectivity index (χ3v) is 4.34. The number of likely N-dealkylation sites (N-methyl/N-ethyl adjacent to an activating group) is 1. The molecule has 2 aromatic carbocycles. The second-order valence-corrected chi connectivity index (χ2v) is 6.69. The van der Waals surface area contributed by atoms with Gasteiger partial charge in [-0.05, 0) is 42.4 Å². The van der Waals surface area contributed by atoms with E-state index in [0.717, 1.165) is 12.2 Å². The first-order valence-electron chi connectivity index (χ1n) is 8.55. The van der Waals surface area contributed by atoms with Crippen LogP contribution in [0.15, 0.2) is 42.5 Å². The molecule has 0 atom stereocenters. The van der Waals surface area contributed by atoms with Gasteiger partial charge in [-0.15, -0.1) is 0 Å². The van der Waals surface area contributed by atoms with Crippen molar-refractivity contribution in [3.8, 4) is 5.75 Å². The molecule has 2 aromatic rings. The van der Waals surface area contributed by atoms with E-state index in [1.807, 2.05) is 21.0 Å². The third kappa shape index (κ3) is 5.64. The van der Waals surface area contributed by atoms with Crippen molar-refractivity contribution in [2.24, 2.45) is 0 Å². The van der Waals surface area contributed by atoms with E-state index in [9.17, 15) is 4.79 Å². The summed E-state index contributed by atoms with van der Waals surface area (Å²) in [5.74, 6) is 0.488. The van der Waals surface area contributed by atoms with Gasteiger partial charge in [0.25, 0.3) is 0 Å². The molecule has 0 bridgehead atoms. The van der Waals surface area contributed by atoms with Gasteiger partial charge < -0.3 is 15.0 Å². The molecule has 0 fully saturated rings. The Labute approximate surface area is 160 Å². The maximum absolute atomic E-state index is 12.4. The molecule has 0 saturated heterocycles. The summed E-state index contributed by atoms with van der Waals surface area (Å²) in [6.45, 7) is 3.82. The Morgan fingerprint density at radius 2 is 1.85 bits per heavy atom. The first-order chi connectivity index (χ1) is 12.4. The van der Waals surface area contributed by atoms with Gasteiger partial charge >= 0.3 is 0 Å². The van der Waals surface area contributed by atoms with Crippen molar-refractivity contribution < 1.29 is 9.53 Å². The molecule has 2 rings (SSSR count). The van der Waals surface area contributed by atoms with Gasteiger partial charge in [-0.25, -0.2) is 0 Å². The minimum Gasteiger partial charge on any atom is -0.495 e. The molecule has 6 heteroatoms. The van der Waals surface area contributed by atoms with Crippen molar-refractivity contribution in [3.63, 3.8) is 0 Å². The fourth-order valence-corrected chi connectivity index (χ4v) is 2.78. The highest BCUT2D eigenvalue weighted by Gasteiger charge is 2.13. The molecule has 0 aliphatic carbocycles. The molecule has 1 amide bonds. The number of carbonyl (C=O) groups excluding carboxylic acids is 1. The van der Waals surface area contributed by atoms with E-state index in [-0.39, 0.29) is 5.91 Å². The lowest BCUT2D eigenvalue weighted by Gasteiger charge is -2.21. The number of halogens is 1. The van der Waals surface area contributed by atoms with E-state index in [4.69, 9.17) is 16.3 Å². The van der Waals surface area contributed by atoms with E-state index in [2.05, 4.69) is 39.4 Å². The molecule has 0 unspecified atom stereocenters. The summed E-state index contributed by atoms with van der Waals surface area (Å²) < 4.78 is 5.27. The van der Waals surface area contributed by atoms with Crippen LogP contribution in [0.4, 0.5) is 11.4 Å². The van der Waals surface area contributed by atoms with Crippen LogP contribution < -0.4 is 15.0 Å². The van der Waals surface area contributed by atoms with Gasteiger partial charge in [0.2, 0.25) is 5.91 Å². The number of methoxy groups -OCH3 is 1. The van der Waals surface area contributed by atoms with Crippen molar-refractivity contribution in [2.45, 2.75) is 13.5 Å². The van der Waals surface area contributed by atoms with Crippen molar-refractivity contribution in [1.82, 2.24) is 4.90 Å². The molecule has 1 N–H and O–H groups in total. The molecule has 0 spiro atoms. The van der Waals surface area contributed by atoms with Gasteiger partial charge in [-0.2, -0.15) is 0 Å². The number of hydrogen-bond acceptors (Lipinski definition) is 4. The predicted octanol–water partition coefficient (Wildman–Crippen LogP) is 3.88. The molecule has 0 aliphatic rings. The van der Waals surface area contributed by atoms with Crippen LogP contribution in [0.3, 0.4) is 0 Å². The summed E-state index contributed by atoms with van der Waals surface area (Å²) >= 11 is 6.01. The SMILES string of the molecule is CCN(CC(=O)Nc1cc(Cl)ccc1OC)Cc1ccc(N(C)C)cc1. The number of carbonyl (C=O) groups is 1. The highest BCUT2D eigenvalue weighted by molar-refractivity contribution is 6.31. The number of nitrogens with zero attached hydrogens (tertiary/aromatic N) is 2. The molecular formula is C20H26ClN3O2. The average molecular weight is 376 g/mol. The van der Waals surface area contributed by atoms with Gasteiger partial charge in [-0.1, -0.05) is 30.7 Å². The lowest BCUT2D eigenvalue weighted by atomic mass is 10.2. The molecule has 0 saturated carbocycles. The fraction of sp³-hybridized carbons (Fsp3) is 0.350. The highest BCUT2D eigenvalue weighted by atomic mass is 35.5. The zero-order chi connectivity index (χ0) is 19.1. The third-order valence-electron chi connectivity index (χ3n) is 4.11. The van der Waals surface area contributed by atoms with Gasteiger partial charge in [0.15, 0.2) is 0 Å². The van der Waals surface area contributed by atoms with Crippen LogP contribution in [0.5, 0.6) is 5.75 Å². The largest absolute Gasteiger partial charge is 0.495 e. The van der Waals surface area contributed by atoms with Crippen LogP contribution in [0.1, 0.15) is 12.5 Å². The van der Waals surface area contributed by atoms with Gasteiger partial charge in [0.05, 0.1) is 19.3 Å². The summed E-state index contributed by atoms with van der Waals surface area (Å²) in [4.78, 5) is 16.6. The Balaban J connectivity index is 1.98. The van der Waals surface area contributed by atoms with Crippen molar-refractivity contribution >= 4 is 28.9 Å². The lowest BCUT2D eigenvalue weighted by Crippen LogP contribution is -2.32. The van der Waals surface area contributed by atoms with Crippen molar-refractivity contribution in [2.75, 3.05) is 44.5 Å². The second kappa shape index (κ2) is 9.46. The highest BCUT2D eigenvalue weighted by Crippen LogP contribution is 2.27. The second-order valence-electron chi connectivity index (χ2n) is 6.26. The minimum absolute atomic E-state index is 0.0997. The Bertz CT molecular complexity index is 732. The topological polar surface area (TPSA) is 44.8 Å². The fourth-order valence-electron chi connectivity index (χ4n) is 2.61. The number of benzene rings is 2. The van der Waals surface area contributed by atoms with Crippen LogP contribution >= 0.6 is 11.6 Å². The first-order valence-corrected chi connectivity index (χ1v) is 8.92. The predicted molar refractivity (Wildman–Crippen MR) is 108 cm³/mol. The lowest BCUT2D eigenvalue weighted by molar-refractivity contribution is -0.117. The van der Waals surface area contributed by atoms with E-state index >= 15 is 0 Å². The molecule has 140 valence electrons. The normalized spacial score (nSPS) is 10.7. The summed E-state index contributed by atoms with van der Waals surface area (Å²) in [5.41, 5.74) is 2.91. The number of nitrogens with one attached hydrogen (secondary N) is 1. The Kier molecular flexibility index (Phi) is 7.30. The Morgan fingerprint density at radius 3 is 2.42 bits per heavy atom. The van der Waals surface area contributed by atoms with Crippen LogP contribution in [0, 0.1) is 0 Å². The number of ether oxygens (including phenoxy) is 1. The van der Waals surface area contributed by atoms with E-state index in [0.29, 0.717) is 29.5 Å². The van der Waals surface area contributed by atoms with Crippen LogP contribution in [0.2, 0.25) is 5.02 Å². The average Bonchev–Trinajstić information content (AvgIpc) is 2.61. The standard InChI is InChI=1S/C20H26ClN3O2/c1-5-24(13-15-6-9-17(10-7-15)23(2)3)14-20(25)22-18-12-16(21)8-11-19(18)26-4/h6-12H,5,13-14H2,1-4H3,(H,22,25). The summed E-state index contributed by atoms with van der Waals surface area (Å²) in [7, 11) is 5.60. The molecule has 0 aliphatic heterocycles. The van der Waals surface area contributed by atoms with Crippen molar-refractivity contribution in [3.05, 3.63) is 53.1 Å². The minimum atomic E-state index is -0.0997. The quantitative estimate of drug-likeness (QED) is 0.760. The summed E-state index contributed by atoms with van der Waals surface area (Å²) in [6, 6.07) is 13.5. The van der Waals surface area contributed by atoms with Crippen molar-refractivity contribution in [1.29, 1.82) is 0 Å². The van der Waals surface area contributed by atoms with Gasteiger partial charge in [-0.3, -0.25) is 9.69 Å². The number of rotatable bonds is 8. The summed E-state index contributed by atoms with van der Waals surface area (Å²) in [5, 5.41) is 3.43. The van der Waals surface area contributed by atoms with Gasteiger partial charge in [0.1, 0.15) is 5.75 Å². The van der Waals surface area contributed by atoms with Crippen LogP contribution in [0.25, 0.3) is 0 Å². The first kappa shape index (κ1) is 20.1. The molecule has 26 heavy (non-hydrogen) atoms. The Hall–Kier alpha value is -2.24. The zero-order valence-corrected chi connectivity index (χ0v) is 16.5. The maximum atomic E-state index is 12.4. The molecule has 0 radical (unpaired) electrons. The monoisotopic (exact) mass is 375 g/mol. The van der Waals surface area contributed by atoms with Crippen LogP contribution in [-0.2, 0) is 11.3 Å². The number of hydrogen-bond donors (Lipinski definition) is 1. The van der Waals surface area contributed by atoms with E-state index in [1.54, 1.807) is 25.3 Å². The van der Waals surface area contributed by atoms with Gasteiger partial charge in [0, 0.05) is 31.4 Å². The smallest absolute Gasteiger partial charge is 0.238 e. The zero-order valence-electron chi connectivity index (χ0n) is 15.8. The Morgan fingerprint density at radius 1 is 1.15 bits per heavy atom. The molecular weight excluding hydrogens is 350 g/mol. The van der Waals surface area contributed by atoms with E-state index < -0.39 is 0 Å². The molecule has 0 heterocycles. The number of anilines is 2. The number of amides is 1. The molecule has 5 nitrogen and oxygen atoms in total. The van der Waals surface area contributed by atoms with E-state index in [1.165, 1.54) is 5.56 Å². The maximum Gasteiger partial charge on any atom is 0.238 e. The summed E-state index contributed by atoms with van der Waals surface area (Å²) in [6.07, 6.45) is 0. The molecule has 0 aromatic heterocycles. The van der Waals surface area contributed by atoms with Crippen LogP contribution in [-0.4, -0.2) is 45.1 Å².